The monoisotopic (exact) mass is 330 g/mol. The number of rotatable bonds is 6. The lowest BCUT2D eigenvalue weighted by atomic mass is 10.1. The molecule has 0 aliphatic heterocycles. The maximum absolute atomic E-state index is 13.5. The van der Waals surface area contributed by atoms with E-state index in [1.54, 1.807) is 25.3 Å². The highest BCUT2D eigenvalue weighted by Gasteiger charge is 2.17. The summed E-state index contributed by atoms with van der Waals surface area (Å²) in [6.45, 7) is 2.30. The summed E-state index contributed by atoms with van der Waals surface area (Å²) >= 11 is 0. The minimum absolute atomic E-state index is 0.114. The number of ether oxygens (including phenoxy) is 1. The maximum Gasteiger partial charge on any atom is 0.251 e. The van der Waals surface area contributed by atoms with Gasteiger partial charge in [-0.3, -0.25) is 4.79 Å². The fraction of sp³-hybridized carbons (Fsp3) is 0.316. The smallest absolute Gasteiger partial charge is 0.251 e. The van der Waals surface area contributed by atoms with Gasteiger partial charge in [-0.15, -0.1) is 0 Å². The van der Waals surface area contributed by atoms with E-state index in [0.717, 1.165) is 11.1 Å². The summed E-state index contributed by atoms with van der Waals surface area (Å²) < 4.78 is 18.7. The number of hydrogen-bond acceptors (Lipinski definition) is 3. The lowest BCUT2D eigenvalue weighted by molar-refractivity contribution is 0.0941. The fourth-order valence-electron chi connectivity index (χ4n) is 2.57. The van der Waals surface area contributed by atoms with Crippen LogP contribution in [0.25, 0.3) is 0 Å². The molecule has 1 atom stereocenters. The van der Waals surface area contributed by atoms with E-state index in [2.05, 4.69) is 5.32 Å². The van der Waals surface area contributed by atoms with Crippen LogP contribution in [0.2, 0.25) is 0 Å². The van der Waals surface area contributed by atoms with Gasteiger partial charge in [0, 0.05) is 12.1 Å². The van der Waals surface area contributed by atoms with Gasteiger partial charge >= 0.3 is 0 Å². The molecule has 0 spiro atoms. The van der Waals surface area contributed by atoms with Crippen LogP contribution < -0.4 is 10.1 Å². The quantitative estimate of drug-likeness (QED) is 0.884. The van der Waals surface area contributed by atoms with E-state index in [4.69, 9.17) is 4.74 Å². The Labute approximate surface area is 142 Å². The average molecular weight is 330 g/mol. The van der Waals surface area contributed by atoms with Crippen molar-refractivity contribution in [1.82, 2.24) is 10.2 Å². The van der Waals surface area contributed by atoms with Crippen LogP contribution in [0.15, 0.2) is 42.5 Å². The third-order valence-corrected chi connectivity index (χ3v) is 3.98. The van der Waals surface area contributed by atoms with Gasteiger partial charge in [0.2, 0.25) is 0 Å². The summed E-state index contributed by atoms with van der Waals surface area (Å²) in [5.41, 5.74) is 2.33. The summed E-state index contributed by atoms with van der Waals surface area (Å²) in [5, 5.41) is 2.91. The molecule has 0 saturated heterocycles. The number of halogens is 1. The first-order valence-electron chi connectivity index (χ1n) is 7.77. The molecule has 4 nitrogen and oxygen atoms in total. The molecule has 2 aromatic carbocycles. The Hall–Kier alpha value is -2.40. The normalized spacial score (nSPS) is 12.1. The molecule has 0 saturated carbocycles. The predicted molar refractivity (Wildman–Crippen MR) is 92.9 cm³/mol. The Bertz CT molecular complexity index is 716. The molecule has 0 heterocycles. The number of nitrogens with one attached hydrogen (secondary N) is 1. The van der Waals surface area contributed by atoms with E-state index in [9.17, 15) is 9.18 Å². The van der Waals surface area contributed by atoms with E-state index >= 15 is 0 Å². The standard InChI is InChI=1S/C19H23FN2O2/c1-13-8-9-15(11-18(13)24-4)19(23)21-12-17(22(2)3)14-6-5-7-16(20)10-14/h5-11,17H,12H2,1-4H3,(H,21,23). The Balaban J connectivity index is 2.10. The summed E-state index contributed by atoms with van der Waals surface area (Å²) in [7, 11) is 5.38. The van der Waals surface area contributed by atoms with Crippen LogP contribution in [0, 0.1) is 12.7 Å². The molecule has 1 unspecified atom stereocenters. The minimum Gasteiger partial charge on any atom is -0.496 e. The van der Waals surface area contributed by atoms with Gasteiger partial charge in [-0.05, 0) is 56.4 Å². The van der Waals surface area contributed by atoms with Crippen molar-refractivity contribution in [1.29, 1.82) is 0 Å². The third kappa shape index (κ3) is 4.32. The second kappa shape index (κ2) is 7.93. The van der Waals surface area contributed by atoms with Gasteiger partial charge in [-0.2, -0.15) is 0 Å². The maximum atomic E-state index is 13.5. The van der Waals surface area contributed by atoms with Gasteiger partial charge < -0.3 is 15.0 Å². The van der Waals surface area contributed by atoms with Crippen LogP contribution in [0.4, 0.5) is 4.39 Å². The van der Waals surface area contributed by atoms with Crippen molar-refractivity contribution >= 4 is 5.91 Å². The van der Waals surface area contributed by atoms with E-state index in [-0.39, 0.29) is 17.8 Å². The number of amides is 1. The predicted octanol–water partition coefficient (Wildman–Crippen LogP) is 3.18. The van der Waals surface area contributed by atoms with E-state index < -0.39 is 0 Å². The van der Waals surface area contributed by atoms with E-state index in [1.165, 1.54) is 12.1 Å². The molecule has 0 radical (unpaired) electrons. The fourth-order valence-corrected chi connectivity index (χ4v) is 2.57. The van der Waals surface area contributed by atoms with Crippen molar-refractivity contribution in [2.45, 2.75) is 13.0 Å². The first kappa shape index (κ1) is 17.9. The highest BCUT2D eigenvalue weighted by molar-refractivity contribution is 5.94. The number of aryl methyl sites for hydroxylation is 1. The molecule has 5 heteroatoms. The lowest BCUT2D eigenvalue weighted by Crippen LogP contribution is -2.34. The highest BCUT2D eigenvalue weighted by Crippen LogP contribution is 2.20. The first-order chi connectivity index (χ1) is 11.4. The molecule has 2 rings (SSSR count). The molecular formula is C19H23FN2O2. The number of methoxy groups -OCH3 is 1. The highest BCUT2D eigenvalue weighted by atomic mass is 19.1. The summed E-state index contributed by atoms with van der Waals surface area (Å²) in [6, 6.07) is 11.7. The Morgan fingerprint density at radius 3 is 2.62 bits per heavy atom. The summed E-state index contributed by atoms with van der Waals surface area (Å²) in [4.78, 5) is 14.3. The van der Waals surface area contributed by atoms with Crippen molar-refractivity contribution in [3.05, 3.63) is 65.0 Å². The van der Waals surface area contributed by atoms with E-state index in [1.807, 2.05) is 38.1 Å². The summed E-state index contributed by atoms with van der Waals surface area (Å²) in [6.07, 6.45) is 0. The van der Waals surface area contributed by atoms with Gasteiger partial charge in [0.05, 0.1) is 13.2 Å². The molecule has 0 aliphatic rings. The zero-order chi connectivity index (χ0) is 17.7. The minimum atomic E-state index is -0.283. The number of benzene rings is 2. The van der Waals surface area contributed by atoms with Crippen molar-refractivity contribution < 1.29 is 13.9 Å². The van der Waals surface area contributed by atoms with Crippen molar-refractivity contribution in [3.63, 3.8) is 0 Å². The van der Waals surface area contributed by atoms with E-state index in [0.29, 0.717) is 17.9 Å². The second-order valence-electron chi connectivity index (χ2n) is 5.93. The molecule has 0 bridgehead atoms. The van der Waals surface area contributed by atoms with Gasteiger partial charge in [0.25, 0.3) is 5.91 Å². The average Bonchev–Trinajstić information content (AvgIpc) is 2.55. The molecule has 2 aromatic rings. The Kier molecular flexibility index (Phi) is 5.93. The van der Waals surface area contributed by atoms with Crippen LogP contribution in [0.3, 0.4) is 0 Å². The zero-order valence-corrected chi connectivity index (χ0v) is 14.5. The largest absolute Gasteiger partial charge is 0.496 e. The third-order valence-electron chi connectivity index (χ3n) is 3.98. The van der Waals surface area contributed by atoms with Gasteiger partial charge in [-0.25, -0.2) is 4.39 Å². The molecule has 0 fully saturated rings. The molecule has 0 aliphatic carbocycles. The van der Waals surface area contributed by atoms with Gasteiger partial charge in [-0.1, -0.05) is 18.2 Å². The van der Waals surface area contributed by atoms with Crippen molar-refractivity contribution in [2.75, 3.05) is 27.7 Å². The Morgan fingerprint density at radius 2 is 2.00 bits per heavy atom. The van der Waals surface area contributed by atoms with Crippen LogP contribution in [0.5, 0.6) is 5.75 Å². The Morgan fingerprint density at radius 1 is 1.25 bits per heavy atom. The first-order valence-corrected chi connectivity index (χ1v) is 7.77. The van der Waals surface area contributed by atoms with Crippen LogP contribution >= 0.6 is 0 Å². The molecule has 128 valence electrons. The van der Waals surface area contributed by atoms with Crippen LogP contribution in [0.1, 0.15) is 27.5 Å². The number of nitrogens with zero attached hydrogens (tertiary/aromatic N) is 1. The molecular weight excluding hydrogens is 307 g/mol. The van der Waals surface area contributed by atoms with Crippen molar-refractivity contribution in [3.8, 4) is 5.75 Å². The number of likely N-dealkylation sites (N-methyl/N-ethyl adjacent to an activating group) is 1. The number of carbonyl (C=O) groups excluding carboxylic acids is 1. The number of carbonyl (C=O) groups is 1. The topological polar surface area (TPSA) is 41.6 Å². The number of hydrogen-bond donors (Lipinski definition) is 1. The molecule has 1 amide bonds. The van der Waals surface area contributed by atoms with Crippen LogP contribution in [-0.4, -0.2) is 38.6 Å². The molecule has 1 N–H and O–H groups in total. The zero-order valence-electron chi connectivity index (χ0n) is 14.5. The second-order valence-corrected chi connectivity index (χ2v) is 5.93. The van der Waals surface area contributed by atoms with Gasteiger partial charge in [0.1, 0.15) is 11.6 Å². The SMILES string of the molecule is COc1cc(C(=O)NCC(c2cccc(F)c2)N(C)C)ccc1C. The molecule has 24 heavy (non-hydrogen) atoms. The summed E-state index contributed by atoms with van der Waals surface area (Å²) in [5.74, 6) is 0.211. The van der Waals surface area contributed by atoms with Gasteiger partial charge in [0.15, 0.2) is 0 Å². The van der Waals surface area contributed by atoms with Crippen LogP contribution in [-0.2, 0) is 0 Å². The lowest BCUT2D eigenvalue weighted by Gasteiger charge is -2.25. The molecule has 0 aromatic heterocycles. The van der Waals surface area contributed by atoms with Crippen molar-refractivity contribution in [2.24, 2.45) is 0 Å².